The lowest BCUT2D eigenvalue weighted by molar-refractivity contribution is -0.146. The van der Waals surface area contributed by atoms with E-state index in [1.807, 2.05) is 6.92 Å². The van der Waals surface area contributed by atoms with Gasteiger partial charge in [0.25, 0.3) is 0 Å². The molecule has 0 amide bonds. The fraction of sp³-hybridized carbons (Fsp3) is 0.750. The van der Waals surface area contributed by atoms with Gasteiger partial charge in [-0.3, -0.25) is 9.69 Å². The molecule has 2 fully saturated rings. The van der Waals surface area contributed by atoms with Gasteiger partial charge in [0.15, 0.2) is 0 Å². The van der Waals surface area contributed by atoms with E-state index < -0.39 is 5.97 Å². The van der Waals surface area contributed by atoms with Gasteiger partial charge >= 0.3 is 5.97 Å². The molecule has 1 unspecified atom stereocenters. The van der Waals surface area contributed by atoms with Crippen molar-refractivity contribution in [2.24, 2.45) is 5.92 Å². The van der Waals surface area contributed by atoms with Crippen LogP contribution in [0.5, 0.6) is 0 Å². The molecule has 1 aromatic heterocycles. The quantitative estimate of drug-likeness (QED) is 0.927. The molecule has 0 bridgehead atoms. The summed E-state index contributed by atoms with van der Waals surface area (Å²) in [5.41, 5.74) is 2.21. The summed E-state index contributed by atoms with van der Waals surface area (Å²) in [5.74, 6) is -0.898. The molecule has 5 heteroatoms. The maximum Gasteiger partial charge on any atom is 0.307 e. The molecule has 1 saturated carbocycles. The number of likely N-dealkylation sites (tertiary alicyclic amines) is 1. The second kappa shape index (κ2) is 5.79. The molecule has 0 radical (unpaired) electrons. The number of aromatic nitrogens is 1. The molecule has 1 aromatic rings. The summed E-state index contributed by atoms with van der Waals surface area (Å²) in [5, 5.41) is 13.3. The van der Waals surface area contributed by atoms with Crippen LogP contribution in [0.2, 0.25) is 0 Å². The zero-order valence-corrected chi connectivity index (χ0v) is 12.7. The van der Waals surface area contributed by atoms with Crippen molar-refractivity contribution in [2.75, 3.05) is 6.54 Å². The largest absolute Gasteiger partial charge is 0.481 e. The molecule has 1 spiro atoms. The van der Waals surface area contributed by atoms with Crippen LogP contribution in [0, 0.1) is 12.8 Å². The molecule has 1 aliphatic heterocycles. The lowest BCUT2D eigenvalue weighted by atomic mass is 9.72. The van der Waals surface area contributed by atoms with Gasteiger partial charge in [-0.1, -0.05) is 24.4 Å². The first-order chi connectivity index (χ1) is 10.1. The first kappa shape index (κ1) is 14.6. The van der Waals surface area contributed by atoms with E-state index >= 15 is 0 Å². The van der Waals surface area contributed by atoms with Gasteiger partial charge in [-0.15, -0.1) is 0 Å². The van der Waals surface area contributed by atoms with E-state index in [0.717, 1.165) is 30.6 Å². The number of hydrogen-bond acceptors (Lipinski definition) is 4. The normalized spacial score (nSPS) is 26.0. The lowest BCUT2D eigenvalue weighted by Gasteiger charge is -2.51. The van der Waals surface area contributed by atoms with Crippen LogP contribution >= 0.6 is 0 Å². The van der Waals surface area contributed by atoms with Gasteiger partial charge in [0.05, 0.1) is 11.6 Å². The molecule has 1 N–H and O–H groups in total. The minimum Gasteiger partial charge on any atom is -0.481 e. The average molecular weight is 292 g/mol. The Hall–Kier alpha value is -1.36. The molecular weight excluding hydrogens is 268 g/mol. The van der Waals surface area contributed by atoms with Crippen molar-refractivity contribution in [1.82, 2.24) is 10.1 Å². The summed E-state index contributed by atoms with van der Waals surface area (Å²) in [4.78, 5) is 13.8. The van der Waals surface area contributed by atoms with Gasteiger partial charge in [0, 0.05) is 24.2 Å². The van der Waals surface area contributed by atoms with Crippen LogP contribution in [-0.2, 0) is 11.3 Å². The molecule has 1 atom stereocenters. The van der Waals surface area contributed by atoms with Crippen molar-refractivity contribution in [3.8, 4) is 0 Å². The van der Waals surface area contributed by atoms with Gasteiger partial charge in [-0.05, 0) is 32.6 Å². The van der Waals surface area contributed by atoms with Gasteiger partial charge in [0.2, 0.25) is 0 Å². The number of aryl methyl sites for hydroxylation is 1. The van der Waals surface area contributed by atoms with Crippen molar-refractivity contribution < 1.29 is 14.4 Å². The van der Waals surface area contributed by atoms with Crippen LogP contribution in [0.15, 0.2) is 10.8 Å². The van der Waals surface area contributed by atoms with Crippen molar-refractivity contribution in [3.63, 3.8) is 0 Å². The van der Waals surface area contributed by atoms with Crippen molar-refractivity contribution >= 4 is 5.97 Å². The minimum absolute atomic E-state index is 0.202. The zero-order chi connectivity index (χ0) is 14.9. The summed E-state index contributed by atoms with van der Waals surface area (Å²) in [6.45, 7) is 3.37. The number of aliphatic carboxylic acids is 1. The van der Waals surface area contributed by atoms with E-state index in [0.29, 0.717) is 6.54 Å². The Morgan fingerprint density at radius 1 is 1.43 bits per heavy atom. The number of carboxylic acids is 1. The number of rotatable bonds is 3. The third kappa shape index (κ3) is 2.84. The van der Waals surface area contributed by atoms with Crippen LogP contribution in [-0.4, -0.2) is 33.2 Å². The first-order valence-corrected chi connectivity index (χ1v) is 7.98. The molecule has 0 aromatic carbocycles. The Balaban J connectivity index is 1.82. The van der Waals surface area contributed by atoms with E-state index in [1.165, 1.54) is 32.1 Å². The van der Waals surface area contributed by atoms with Gasteiger partial charge in [-0.2, -0.15) is 0 Å². The highest BCUT2D eigenvalue weighted by atomic mass is 16.5. The predicted octanol–water partition coefficient (Wildman–Crippen LogP) is 2.98. The molecule has 5 nitrogen and oxygen atoms in total. The molecule has 2 heterocycles. The highest BCUT2D eigenvalue weighted by molar-refractivity contribution is 5.70. The summed E-state index contributed by atoms with van der Waals surface area (Å²) in [6, 6.07) is 0. The predicted molar refractivity (Wildman–Crippen MR) is 77.8 cm³/mol. The molecular formula is C16H24N2O3. The van der Waals surface area contributed by atoms with E-state index in [4.69, 9.17) is 4.52 Å². The maximum atomic E-state index is 11.4. The fourth-order valence-corrected chi connectivity index (χ4v) is 4.03. The maximum absolute atomic E-state index is 11.4. The SMILES string of the molecule is Cc1nocc1CN1CC(C(=O)O)CCC12CCCCC2. The average Bonchev–Trinajstić information content (AvgIpc) is 2.87. The third-order valence-corrected chi connectivity index (χ3v) is 5.41. The topological polar surface area (TPSA) is 66.6 Å². The first-order valence-electron chi connectivity index (χ1n) is 7.98. The number of piperidine rings is 1. The molecule has 116 valence electrons. The molecule has 21 heavy (non-hydrogen) atoms. The summed E-state index contributed by atoms with van der Waals surface area (Å²) < 4.78 is 5.04. The van der Waals surface area contributed by atoms with E-state index in [9.17, 15) is 9.90 Å². The van der Waals surface area contributed by atoms with Crippen molar-refractivity contribution in [1.29, 1.82) is 0 Å². The van der Waals surface area contributed by atoms with E-state index in [-0.39, 0.29) is 11.5 Å². The Morgan fingerprint density at radius 3 is 2.81 bits per heavy atom. The highest BCUT2D eigenvalue weighted by Crippen LogP contribution is 2.42. The smallest absolute Gasteiger partial charge is 0.307 e. The summed E-state index contributed by atoms with van der Waals surface area (Å²) in [7, 11) is 0. The van der Waals surface area contributed by atoms with Crippen LogP contribution in [0.4, 0.5) is 0 Å². The van der Waals surface area contributed by atoms with Gasteiger partial charge < -0.3 is 9.63 Å². The van der Waals surface area contributed by atoms with Crippen LogP contribution in [0.25, 0.3) is 0 Å². The Labute approximate surface area is 125 Å². The highest BCUT2D eigenvalue weighted by Gasteiger charge is 2.43. The second-order valence-electron chi connectivity index (χ2n) is 6.66. The Morgan fingerprint density at radius 2 is 2.19 bits per heavy atom. The third-order valence-electron chi connectivity index (χ3n) is 5.41. The van der Waals surface area contributed by atoms with Crippen molar-refractivity contribution in [3.05, 3.63) is 17.5 Å². The number of hydrogen-bond donors (Lipinski definition) is 1. The zero-order valence-electron chi connectivity index (χ0n) is 12.7. The summed E-state index contributed by atoms with van der Waals surface area (Å²) in [6.07, 6.45) is 9.75. The molecule has 3 rings (SSSR count). The second-order valence-corrected chi connectivity index (χ2v) is 6.66. The van der Waals surface area contributed by atoms with Gasteiger partial charge in [-0.25, -0.2) is 0 Å². The van der Waals surface area contributed by atoms with Crippen LogP contribution in [0.3, 0.4) is 0 Å². The lowest BCUT2D eigenvalue weighted by Crippen LogP contribution is -2.55. The number of carboxylic acid groups (broad SMARTS) is 1. The van der Waals surface area contributed by atoms with E-state index in [2.05, 4.69) is 10.1 Å². The van der Waals surface area contributed by atoms with Crippen molar-refractivity contribution in [2.45, 2.75) is 64.0 Å². The fourth-order valence-electron chi connectivity index (χ4n) is 4.03. The number of nitrogens with zero attached hydrogens (tertiary/aromatic N) is 2. The Bertz CT molecular complexity index is 505. The number of carbonyl (C=O) groups is 1. The van der Waals surface area contributed by atoms with E-state index in [1.54, 1.807) is 6.26 Å². The molecule has 1 aliphatic carbocycles. The molecule has 1 saturated heterocycles. The summed E-state index contributed by atoms with van der Waals surface area (Å²) >= 11 is 0. The standard InChI is InChI=1S/C16H24N2O3/c1-12-14(11-21-17-12)10-18-9-13(15(19)20)5-8-16(18)6-3-2-4-7-16/h11,13H,2-10H2,1H3,(H,19,20). The van der Waals surface area contributed by atoms with Gasteiger partial charge in [0.1, 0.15) is 6.26 Å². The minimum atomic E-state index is -0.660. The van der Waals surface area contributed by atoms with Crippen LogP contribution < -0.4 is 0 Å². The van der Waals surface area contributed by atoms with Crippen LogP contribution in [0.1, 0.15) is 56.2 Å². The monoisotopic (exact) mass is 292 g/mol. The Kier molecular flexibility index (Phi) is 4.02. The molecule has 2 aliphatic rings.